The van der Waals surface area contributed by atoms with E-state index in [0.29, 0.717) is 11.1 Å². The summed E-state index contributed by atoms with van der Waals surface area (Å²) in [6.45, 7) is 3.73. The molecular formula is C16H12O3. The molecule has 0 spiro atoms. The Morgan fingerprint density at radius 3 is 1.95 bits per heavy atom. The van der Waals surface area contributed by atoms with Crippen LogP contribution in [0.25, 0.3) is 5.57 Å². The molecule has 0 aromatic heterocycles. The van der Waals surface area contributed by atoms with Crippen molar-refractivity contribution in [3.63, 3.8) is 0 Å². The van der Waals surface area contributed by atoms with Gasteiger partial charge in [0.1, 0.15) is 0 Å². The van der Waals surface area contributed by atoms with E-state index in [1.165, 1.54) is 6.07 Å². The van der Waals surface area contributed by atoms with Gasteiger partial charge >= 0.3 is 5.97 Å². The van der Waals surface area contributed by atoms with Gasteiger partial charge in [-0.2, -0.15) is 0 Å². The van der Waals surface area contributed by atoms with Crippen LogP contribution in [0.5, 0.6) is 0 Å². The molecule has 94 valence electrons. The smallest absolute Gasteiger partial charge is 0.336 e. The Bertz CT molecular complexity index is 642. The highest BCUT2D eigenvalue weighted by atomic mass is 16.4. The number of allylic oxidation sites excluding steroid dienone is 1. The third-order valence-electron chi connectivity index (χ3n) is 2.79. The van der Waals surface area contributed by atoms with Crippen LogP contribution in [-0.4, -0.2) is 16.9 Å². The van der Waals surface area contributed by atoms with E-state index in [2.05, 4.69) is 6.58 Å². The topological polar surface area (TPSA) is 54.4 Å². The second kappa shape index (κ2) is 5.31. The van der Waals surface area contributed by atoms with E-state index in [1.54, 1.807) is 42.5 Å². The quantitative estimate of drug-likeness (QED) is 0.671. The Balaban J connectivity index is 2.41. The van der Waals surface area contributed by atoms with Crippen LogP contribution in [0.1, 0.15) is 26.3 Å². The minimum absolute atomic E-state index is 0.0804. The first-order chi connectivity index (χ1) is 9.11. The lowest BCUT2D eigenvalue weighted by molar-refractivity contribution is 0.0696. The van der Waals surface area contributed by atoms with Crippen molar-refractivity contribution in [2.45, 2.75) is 0 Å². The maximum Gasteiger partial charge on any atom is 0.336 e. The highest BCUT2D eigenvalue weighted by molar-refractivity contribution is 6.29. The van der Waals surface area contributed by atoms with Crippen LogP contribution in [-0.2, 0) is 0 Å². The number of carboxylic acids is 1. The molecule has 0 radical (unpaired) electrons. The fourth-order valence-corrected chi connectivity index (χ4v) is 1.82. The summed E-state index contributed by atoms with van der Waals surface area (Å²) in [7, 11) is 0. The van der Waals surface area contributed by atoms with Crippen molar-refractivity contribution in [1.82, 2.24) is 0 Å². The molecule has 0 aliphatic carbocycles. The minimum atomic E-state index is -1.07. The number of carbonyl (C=O) groups excluding carboxylic acids is 1. The lowest BCUT2D eigenvalue weighted by Crippen LogP contribution is -2.07. The van der Waals surface area contributed by atoms with Crippen molar-refractivity contribution >= 4 is 17.3 Å². The van der Waals surface area contributed by atoms with Crippen LogP contribution < -0.4 is 0 Å². The van der Waals surface area contributed by atoms with Gasteiger partial charge in [-0.1, -0.05) is 55.1 Å². The lowest BCUT2D eigenvalue weighted by Gasteiger charge is -2.08. The van der Waals surface area contributed by atoms with Gasteiger partial charge in [-0.3, -0.25) is 4.79 Å². The third-order valence-corrected chi connectivity index (χ3v) is 2.79. The van der Waals surface area contributed by atoms with Crippen molar-refractivity contribution in [3.8, 4) is 0 Å². The molecule has 0 unspecified atom stereocenters. The van der Waals surface area contributed by atoms with Crippen LogP contribution in [0.15, 0.2) is 61.2 Å². The monoisotopic (exact) mass is 252 g/mol. The molecule has 0 saturated heterocycles. The van der Waals surface area contributed by atoms with Crippen molar-refractivity contribution in [3.05, 3.63) is 77.9 Å². The molecule has 0 saturated carbocycles. The van der Waals surface area contributed by atoms with Gasteiger partial charge in [0.05, 0.1) is 5.56 Å². The highest BCUT2D eigenvalue weighted by Crippen LogP contribution is 2.21. The molecule has 1 N–H and O–H groups in total. The van der Waals surface area contributed by atoms with Gasteiger partial charge in [0.2, 0.25) is 0 Å². The maximum atomic E-state index is 12.2. The number of Topliss-reactive ketones (excluding diaryl/α,β-unsaturated/α-hetero) is 1. The van der Waals surface area contributed by atoms with Crippen molar-refractivity contribution < 1.29 is 14.7 Å². The third kappa shape index (κ3) is 2.60. The van der Waals surface area contributed by atoms with Crippen LogP contribution >= 0.6 is 0 Å². The van der Waals surface area contributed by atoms with E-state index in [0.717, 1.165) is 0 Å². The second-order valence-electron chi connectivity index (χ2n) is 4.02. The Morgan fingerprint density at radius 2 is 1.37 bits per heavy atom. The van der Waals surface area contributed by atoms with E-state index in [9.17, 15) is 9.59 Å². The molecule has 3 nitrogen and oxygen atoms in total. The molecule has 19 heavy (non-hydrogen) atoms. The zero-order chi connectivity index (χ0) is 13.8. The van der Waals surface area contributed by atoms with Gasteiger partial charge in [0, 0.05) is 11.1 Å². The van der Waals surface area contributed by atoms with Gasteiger partial charge in [0.25, 0.3) is 0 Å². The number of carboxylic acid groups (broad SMARTS) is 1. The Hall–Kier alpha value is -2.68. The molecule has 0 atom stereocenters. The number of benzene rings is 2. The highest BCUT2D eigenvalue weighted by Gasteiger charge is 2.17. The second-order valence-corrected chi connectivity index (χ2v) is 4.02. The summed E-state index contributed by atoms with van der Waals surface area (Å²) in [6.07, 6.45) is 0. The summed E-state index contributed by atoms with van der Waals surface area (Å²) < 4.78 is 0. The molecule has 0 amide bonds. The average Bonchev–Trinajstić information content (AvgIpc) is 2.46. The molecule has 2 aromatic carbocycles. The molecule has 2 rings (SSSR count). The number of carbonyl (C=O) groups is 2. The van der Waals surface area contributed by atoms with Crippen molar-refractivity contribution in [2.24, 2.45) is 0 Å². The molecule has 0 bridgehead atoms. The first-order valence-corrected chi connectivity index (χ1v) is 5.72. The summed E-state index contributed by atoms with van der Waals surface area (Å²) in [6, 6.07) is 15.0. The maximum absolute atomic E-state index is 12.2. The molecular weight excluding hydrogens is 240 g/mol. The summed E-state index contributed by atoms with van der Waals surface area (Å²) >= 11 is 0. The van der Waals surface area contributed by atoms with Gasteiger partial charge in [0.15, 0.2) is 5.78 Å². The average molecular weight is 252 g/mol. The van der Waals surface area contributed by atoms with E-state index in [1.807, 2.05) is 6.07 Å². The largest absolute Gasteiger partial charge is 0.478 e. The first-order valence-electron chi connectivity index (χ1n) is 5.72. The SMILES string of the molecule is C=C(C(=O)c1ccccc1)c1ccccc1C(=O)O. The molecule has 0 fully saturated rings. The Morgan fingerprint density at radius 1 is 0.842 bits per heavy atom. The predicted octanol–water partition coefficient (Wildman–Crippen LogP) is 3.28. The minimum Gasteiger partial charge on any atom is -0.478 e. The first kappa shape index (κ1) is 12.8. The van der Waals surface area contributed by atoms with E-state index >= 15 is 0 Å². The van der Waals surface area contributed by atoms with Crippen molar-refractivity contribution in [1.29, 1.82) is 0 Å². The van der Waals surface area contributed by atoms with Crippen LogP contribution in [0.3, 0.4) is 0 Å². The summed E-state index contributed by atoms with van der Waals surface area (Å²) in [5, 5.41) is 9.11. The zero-order valence-corrected chi connectivity index (χ0v) is 10.2. The lowest BCUT2D eigenvalue weighted by atomic mass is 9.94. The van der Waals surface area contributed by atoms with E-state index in [-0.39, 0.29) is 16.9 Å². The predicted molar refractivity (Wildman–Crippen MR) is 73.2 cm³/mol. The molecule has 3 heteroatoms. The summed E-state index contributed by atoms with van der Waals surface area (Å²) in [5.74, 6) is -1.34. The van der Waals surface area contributed by atoms with Gasteiger partial charge in [-0.25, -0.2) is 4.79 Å². The fraction of sp³-hybridized carbons (Fsp3) is 0. The summed E-state index contributed by atoms with van der Waals surface area (Å²) in [4.78, 5) is 23.4. The molecule has 2 aromatic rings. The van der Waals surface area contributed by atoms with Gasteiger partial charge in [-0.15, -0.1) is 0 Å². The zero-order valence-electron chi connectivity index (χ0n) is 10.2. The number of hydrogen-bond acceptors (Lipinski definition) is 2. The van der Waals surface area contributed by atoms with Crippen LogP contribution in [0, 0.1) is 0 Å². The Kier molecular flexibility index (Phi) is 3.57. The standard InChI is InChI=1S/C16H12O3/c1-11(15(17)12-7-3-2-4-8-12)13-9-5-6-10-14(13)16(18)19/h2-10H,1H2,(H,18,19). The van der Waals surface area contributed by atoms with Gasteiger partial charge in [-0.05, 0) is 11.6 Å². The Labute approximate surface area is 110 Å². The number of rotatable bonds is 4. The fourth-order valence-electron chi connectivity index (χ4n) is 1.82. The van der Waals surface area contributed by atoms with Crippen LogP contribution in [0.4, 0.5) is 0 Å². The summed E-state index contributed by atoms with van der Waals surface area (Å²) in [5.41, 5.74) is 1.11. The van der Waals surface area contributed by atoms with E-state index in [4.69, 9.17) is 5.11 Å². The molecule has 0 aliphatic heterocycles. The number of ketones is 1. The van der Waals surface area contributed by atoms with Crippen LogP contribution in [0.2, 0.25) is 0 Å². The molecule has 0 heterocycles. The molecule has 0 aliphatic rings. The normalized spacial score (nSPS) is 9.89. The van der Waals surface area contributed by atoms with Gasteiger partial charge < -0.3 is 5.11 Å². The van der Waals surface area contributed by atoms with Crippen molar-refractivity contribution in [2.75, 3.05) is 0 Å². The number of aromatic carboxylic acids is 1. The van der Waals surface area contributed by atoms with E-state index < -0.39 is 5.97 Å². The number of hydrogen-bond donors (Lipinski definition) is 1.